The van der Waals surface area contributed by atoms with Crippen molar-refractivity contribution in [2.24, 2.45) is 0 Å². The van der Waals surface area contributed by atoms with Crippen LogP contribution in [-0.2, 0) is 14.8 Å². The highest BCUT2D eigenvalue weighted by molar-refractivity contribution is 7.92. The normalized spacial score (nSPS) is 11.6. The first-order chi connectivity index (χ1) is 12.9. The number of sulfonamides is 1. The van der Waals surface area contributed by atoms with Gasteiger partial charge in [0.15, 0.2) is 11.6 Å². The van der Waals surface area contributed by atoms with E-state index >= 15 is 0 Å². The fraction of sp³-hybridized carbons (Fsp3) is 0.353. The number of hydrogen-bond acceptors (Lipinski definition) is 7. The number of methoxy groups -OCH3 is 1. The summed E-state index contributed by atoms with van der Waals surface area (Å²) in [7, 11) is -1.14. The van der Waals surface area contributed by atoms with E-state index in [4.69, 9.17) is 21.1 Å². The molecular formula is C17H21ClN4O5S. The number of aromatic nitrogens is 2. The molecule has 2 rings (SSSR count). The van der Waals surface area contributed by atoms with Crippen LogP contribution in [0.2, 0.25) is 5.15 Å². The summed E-state index contributed by atoms with van der Waals surface area (Å²) < 4.78 is 37.9. The zero-order valence-electron chi connectivity index (χ0n) is 16.1. The van der Waals surface area contributed by atoms with Gasteiger partial charge in [-0.3, -0.25) is 9.62 Å². The Morgan fingerprint density at radius 3 is 2.54 bits per heavy atom. The lowest BCUT2D eigenvalue weighted by atomic mass is 10.2. The van der Waals surface area contributed by atoms with Gasteiger partial charge in [0.25, 0.3) is 10.0 Å². The average Bonchev–Trinajstić information content (AvgIpc) is 2.59. The van der Waals surface area contributed by atoms with Crippen LogP contribution in [-0.4, -0.2) is 44.2 Å². The third kappa shape index (κ3) is 5.23. The second-order valence-electron chi connectivity index (χ2n) is 6.69. The quantitative estimate of drug-likeness (QED) is 0.727. The SMILES string of the molecule is COc1cc(NS(=O)(=O)c2cccnc2Cl)cnc1N(C)C(=O)OC(C)(C)C. The number of anilines is 2. The molecule has 0 fully saturated rings. The predicted octanol–water partition coefficient (Wildman–Crippen LogP) is 3.31. The number of carbonyl (C=O) groups excluding carboxylic acids is 1. The maximum Gasteiger partial charge on any atom is 0.415 e. The molecule has 0 spiro atoms. The van der Waals surface area contributed by atoms with Crippen molar-refractivity contribution in [3.05, 3.63) is 35.7 Å². The predicted molar refractivity (Wildman–Crippen MR) is 105 cm³/mol. The van der Waals surface area contributed by atoms with E-state index in [1.165, 1.54) is 49.7 Å². The van der Waals surface area contributed by atoms with Gasteiger partial charge in [0.1, 0.15) is 15.6 Å². The summed E-state index contributed by atoms with van der Waals surface area (Å²) in [6.07, 6.45) is 2.00. The van der Waals surface area contributed by atoms with E-state index in [0.717, 1.165) is 0 Å². The van der Waals surface area contributed by atoms with Gasteiger partial charge in [0.2, 0.25) is 0 Å². The highest BCUT2D eigenvalue weighted by atomic mass is 35.5. The van der Waals surface area contributed by atoms with Crippen LogP contribution in [0.25, 0.3) is 0 Å². The lowest BCUT2D eigenvalue weighted by Crippen LogP contribution is -2.34. The van der Waals surface area contributed by atoms with E-state index in [-0.39, 0.29) is 27.3 Å². The first kappa shape index (κ1) is 21.7. The fourth-order valence-electron chi connectivity index (χ4n) is 2.09. The van der Waals surface area contributed by atoms with Gasteiger partial charge >= 0.3 is 6.09 Å². The molecule has 0 aliphatic rings. The molecule has 9 nitrogen and oxygen atoms in total. The number of hydrogen-bond donors (Lipinski definition) is 1. The van der Waals surface area contributed by atoms with Gasteiger partial charge < -0.3 is 9.47 Å². The largest absolute Gasteiger partial charge is 0.493 e. The number of ether oxygens (including phenoxy) is 2. The molecule has 0 saturated heterocycles. The first-order valence-corrected chi connectivity index (χ1v) is 9.95. The van der Waals surface area contributed by atoms with Gasteiger partial charge in [-0.1, -0.05) is 11.6 Å². The highest BCUT2D eigenvalue weighted by Crippen LogP contribution is 2.30. The summed E-state index contributed by atoms with van der Waals surface area (Å²) in [4.78, 5) is 21.1. The summed E-state index contributed by atoms with van der Waals surface area (Å²) in [5.41, 5.74) is -0.560. The smallest absolute Gasteiger partial charge is 0.415 e. The third-order valence-electron chi connectivity index (χ3n) is 3.30. The molecule has 11 heteroatoms. The number of rotatable bonds is 5. The van der Waals surface area contributed by atoms with E-state index in [1.54, 1.807) is 20.8 Å². The monoisotopic (exact) mass is 428 g/mol. The van der Waals surface area contributed by atoms with Crippen LogP contribution in [0.15, 0.2) is 35.5 Å². The summed E-state index contributed by atoms with van der Waals surface area (Å²) in [6, 6.07) is 4.18. The van der Waals surface area contributed by atoms with Crippen LogP contribution in [0.5, 0.6) is 5.75 Å². The molecule has 0 radical (unpaired) electrons. The molecule has 0 unspecified atom stereocenters. The van der Waals surface area contributed by atoms with Crippen molar-refractivity contribution >= 4 is 39.2 Å². The molecule has 0 saturated carbocycles. The number of pyridine rings is 2. The Balaban J connectivity index is 2.30. The van der Waals surface area contributed by atoms with E-state index in [1.807, 2.05) is 0 Å². The van der Waals surface area contributed by atoms with E-state index < -0.39 is 21.7 Å². The second-order valence-corrected chi connectivity index (χ2v) is 8.70. The van der Waals surface area contributed by atoms with Crippen molar-refractivity contribution in [2.75, 3.05) is 23.8 Å². The van der Waals surface area contributed by atoms with Gasteiger partial charge in [-0.25, -0.2) is 23.2 Å². The van der Waals surface area contributed by atoms with E-state index in [9.17, 15) is 13.2 Å². The molecule has 0 aliphatic heterocycles. The van der Waals surface area contributed by atoms with Crippen LogP contribution >= 0.6 is 11.6 Å². The Bertz CT molecular complexity index is 976. The van der Waals surface area contributed by atoms with Gasteiger partial charge in [-0.05, 0) is 32.9 Å². The Morgan fingerprint density at radius 1 is 1.29 bits per heavy atom. The Kier molecular flexibility index (Phi) is 6.35. The Labute approximate surface area is 168 Å². The van der Waals surface area contributed by atoms with Crippen LogP contribution in [0.1, 0.15) is 20.8 Å². The molecule has 2 aromatic heterocycles. The number of carbonyl (C=O) groups is 1. The number of nitrogens with one attached hydrogen (secondary N) is 1. The summed E-state index contributed by atoms with van der Waals surface area (Å²) >= 11 is 5.86. The maximum absolute atomic E-state index is 12.5. The van der Waals surface area contributed by atoms with Crippen molar-refractivity contribution in [1.29, 1.82) is 0 Å². The standard InChI is InChI=1S/C17H21ClN4O5S/c1-17(2,3)27-16(23)22(4)15-12(26-5)9-11(10-20-15)21-28(24,25)13-7-6-8-19-14(13)18/h6-10,21H,1-5H3. The topological polar surface area (TPSA) is 111 Å². The van der Waals surface area contributed by atoms with Crippen molar-refractivity contribution in [2.45, 2.75) is 31.3 Å². The molecule has 0 aliphatic carbocycles. The average molecular weight is 429 g/mol. The summed E-state index contributed by atoms with van der Waals surface area (Å²) in [6.45, 7) is 5.22. The van der Waals surface area contributed by atoms with Gasteiger partial charge in [-0.2, -0.15) is 0 Å². The third-order valence-corrected chi connectivity index (χ3v) is 5.13. The van der Waals surface area contributed by atoms with Crippen molar-refractivity contribution in [3.8, 4) is 5.75 Å². The van der Waals surface area contributed by atoms with Crippen LogP contribution < -0.4 is 14.4 Å². The highest BCUT2D eigenvalue weighted by Gasteiger charge is 2.25. The molecule has 0 bridgehead atoms. The Hall–Kier alpha value is -2.59. The van der Waals surface area contributed by atoms with Crippen molar-refractivity contribution in [3.63, 3.8) is 0 Å². The maximum atomic E-state index is 12.5. The molecule has 2 aromatic rings. The fourth-order valence-corrected chi connectivity index (χ4v) is 3.58. The molecule has 2 heterocycles. The van der Waals surface area contributed by atoms with E-state index in [2.05, 4.69) is 14.7 Å². The van der Waals surface area contributed by atoms with Gasteiger partial charge in [0, 0.05) is 19.3 Å². The second kappa shape index (κ2) is 8.19. The molecule has 1 N–H and O–H groups in total. The minimum absolute atomic E-state index is 0.123. The van der Waals surface area contributed by atoms with Crippen molar-refractivity contribution < 1.29 is 22.7 Å². The molecule has 0 aromatic carbocycles. The minimum atomic E-state index is -3.99. The number of amides is 1. The zero-order valence-corrected chi connectivity index (χ0v) is 17.6. The van der Waals surface area contributed by atoms with Crippen LogP contribution in [0, 0.1) is 0 Å². The Morgan fingerprint density at radius 2 is 1.96 bits per heavy atom. The summed E-state index contributed by atoms with van der Waals surface area (Å²) in [5, 5.41) is -0.156. The zero-order chi connectivity index (χ0) is 21.1. The number of halogens is 1. The summed E-state index contributed by atoms with van der Waals surface area (Å²) in [5.74, 6) is 0.338. The van der Waals surface area contributed by atoms with E-state index in [0.29, 0.717) is 0 Å². The van der Waals surface area contributed by atoms with Crippen LogP contribution in [0.4, 0.5) is 16.3 Å². The molecule has 0 atom stereocenters. The lowest BCUT2D eigenvalue weighted by molar-refractivity contribution is 0.0587. The van der Waals surface area contributed by atoms with Gasteiger partial charge in [-0.15, -0.1) is 0 Å². The lowest BCUT2D eigenvalue weighted by Gasteiger charge is -2.25. The van der Waals surface area contributed by atoms with Crippen LogP contribution in [0.3, 0.4) is 0 Å². The molecule has 28 heavy (non-hydrogen) atoms. The first-order valence-electron chi connectivity index (χ1n) is 8.08. The molecule has 1 amide bonds. The minimum Gasteiger partial charge on any atom is -0.493 e. The van der Waals surface area contributed by atoms with Gasteiger partial charge in [0.05, 0.1) is 19.0 Å². The number of nitrogens with zero attached hydrogens (tertiary/aromatic N) is 3. The van der Waals surface area contributed by atoms with Crippen molar-refractivity contribution in [1.82, 2.24) is 9.97 Å². The molecule has 152 valence electrons. The molecular weight excluding hydrogens is 408 g/mol.